The van der Waals surface area contributed by atoms with Gasteiger partial charge in [0.2, 0.25) is 0 Å². The van der Waals surface area contributed by atoms with Crippen molar-refractivity contribution in [3.63, 3.8) is 0 Å². The van der Waals surface area contributed by atoms with Crippen LogP contribution in [0.2, 0.25) is 0 Å². The molecule has 0 aliphatic carbocycles. The molecule has 0 unspecified atom stereocenters. The van der Waals surface area contributed by atoms with Crippen LogP contribution in [0.3, 0.4) is 0 Å². The average molecular weight is 224 g/mol. The third-order valence-electron chi connectivity index (χ3n) is 1.85. The number of nitrogens with two attached hydrogens (primary N) is 1. The molecule has 2 nitrogen and oxygen atoms in total. The molecular formula is C11H13FN2S. The Morgan fingerprint density at radius 2 is 2.20 bits per heavy atom. The fourth-order valence-corrected chi connectivity index (χ4v) is 2.09. The minimum Gasteiger partial charge on any atom is -0.330 e. The number of nitrogens with zero attached hydrogens (tertiary/aromatic N) is 1. The Morgan fingerprint density at radius 1 is 1.40 bits per heavy atom. The Kier molecular flexibility index (Phi) is 5.16. The third kappa shape index (κ3) is 4.32. The van der Waals surface area contributed by atoms with Gasteiger partial charge in [-0.15, -0.1) is 0 Å². The van der Waals surface area contributed by atoms with E-state index in [1.165, 1.54) is 12.1 Å². The largest absolute Gasteiger partial charge is 0.330 e. The highest BCUT2D eigenvalue weighted by molar-refractivity contribution is 7.98. The Hall–Kier alpha value is -1.05. The van der Waals surface area contributed by atoms with Gasteiger partial charge in [0.15, 0.2) is 0 Å². The second kappa shape index (κ2) is 6.44. The zero-order valence-electron chi connectivity index (χ0n) is 8.37. The molecule has 0 saturated heterocycles. The maximum absolute atomic E-state index is 13.0. The lowest BCUT2D eigenvalue weighted by molar-refractivity contribution is 0.626. The zero-order valence-corrected chi connectivity index (χ0v) is 9.19. The molecule has 0 atom stereocenters. The van der Waals surface area contributed by atoms with E-state index in [0.717, 1.165) is 23.5 Å². The molecule has 0 amide bonds. The lowest BCUT2D eigenvalue weighted by atomic mass is 10.1. The van der Waals surface area contributed by atoms with Crippen molar-refractivity contribution < 1.29 is 4.39 Å². The molecule has 4 heteroatoms. The Labute approximate surface area is 93.3 Å². The number of thioether (sulfide) groups is 1. The lowest BCUT2D eigenvalue weighted by Crippen LogP contribution is -1.99. The van der Waals surface area contributed by atoms with Gasteiger partial charge in [-0.05, 0) is 42.5 Å². The molecule has 0 heterocycles. The summed E-state index contributed by atoms with van der Waals surface area (Å²) in [6.07, 6.45) is 0.963. The molecule has 15 heavy (non-hydrogen) atoms. The Bertz CT molecular complexity index is 360. The number of hydrogen-bond acceptors (Lipinski definition) is 3. The van der Waals surface area contributed by atoms with E-state index < -0.39 is 0 Å². The quantitative estimate of drug-likeness (QED) is 0.781. The van der Waals surface area contributed by atoms with Gasteiger partial charge in [0, 0.05) is 5.75 Å². The van der Waals surface area contributed by atoms with Gasteiger partial charge in [-0.2, -0.15) is 17.0 Å². The minimum absolute atomic E-state index is 0.344. The molecular weight excluding hydrogens is 211 g/mol. The number of rotatable bonds is 5. The van der Waals surface area contributed by atoms with Crippen molar-refractivity contribution in [1.29, 1.82) is 5.26 Å². The van der Waals surface area contributed by atoms with Gasteiger partial charge in [-0.3, -0.25) is 0 Å². The molecule has 0 aromatic heterocycles. The van der Waals surface area contributed by atoms with Crippen LogP contribution in [0.4, 0.5) is 4.39 Å². The molecule has 0 saturated carbocycles. The first-order chi connectivity index (χ1) is 7.26. The summed E-state index contributed by atoms with van der Waals surface area (Å²) < 4.78 is 13.0. The molecule has 1 rings (SSSR count). The summed E-state index contributed by atoms with van der Waals surface area (Å²) in [5, 5.41) is 8.66. The van der Waals surface area contributed by atoms with Crippen LogP contribution in [-0.2, 0) is 5.75 Å². The monoisotopic (exact) mass is 224 g/mol. The Balaban J connectivity index is 2.54. The van der Waals surface area contributed by atoms with Gasteiger partial charge in [-0.25, -0.2) is 4.39 Å². The Morgan fingerprint density at radius 3 is 2.87 bits per heavy atom. The molecule has 0 fully saturated rings. The van der Waals surface area contributed by atoms with E-state index >= 15 is 0 Å². The lowest BCUT2D eigenvalue weighted by Gasteiger charge is -2.02. The fourth-order valence-electron chi connectivity index (χ4n) is 1.17. The SMILES string of the molecule is N#Cc1cc(F)cc(CSCCCN)c1. The van der Waals surface area contributed by atoms with Crippen LogP contribution >= 0.6 is 11.8 Å². The molecule has 0 aliphatic rings. The van der Waals surface area contributed by atoms with Crippen molar-refractivity contribution in [3.05, 3.63) is 35.1 Å². The molecule has 0 bridgehead atoms. The summed E-state index contributed by atoms with van der Waals surface area (Å²) in [6, 6.07) is 6.37. The first kappa shape index (κ1) is 12.0. The van der Waals surface area contributed by atoms with Gasteiger partial charge < -0.3 is 5.73 Å². The van der Waals surface area contributed by atoms with Crippen molar-refractivity contribution in [2.45, 2.75) is 12.2 Å². The van der Waals surface area contributed by atoms with Gasteiger partial charge in [0.1, 0.15) is 5.82 Å². The van der Waals surface area contributed by atoms with Gasteiger partial charge in [-0.1, -0.05) is 0 Å². The summed E-state index contributed by atoms with van der Waals surface area (Å²) in [5.74, 6) is 1.35. The van der Waals surface area contributed by atoms with E-state index in [4.69, 9.17) is 11.0 Å². The highest BCUT2D eigenvalue weighted by Crippen LogP contribution is 2.15. The molecule has 0 aliphatic heterocycles. The molecule has 1 aromatic carbocycles. The number of benzene rings is 1. The summed E-state index contributed by atoms with van der Waals surface area (Å²) in [4.78, 5) is 0. The van der Waals surface area contributed by atoms with Gasteiger partial charge in [0.05, 0.1) is 11.6 Å². The maximum Gasteiger partial charge on any atom is 0.124 e. The van der Waals surface area contributed by atoms with Crippen LogP contribution in [0.5, 0.6) is 0 Å². The molecule has 0 spiro atoms. The fraction of sp³-hybridized carbons (Fsp3) is 0.364. The van der Waals surface area contributed by atoms with E-state index in [1.54, 1.807) is 17.8 Å². The van der Waals surface area contributed by atoms with E-state index in [0.29, 0.717) is 12.1 Å². The molecule has 80 valence electrons. The topological polar surface area (TPSA) is 49.8 Å². The number of halogens is 1. The summed E-state index contributed by atoms with van der Waals surface area (Å²) in [7, 11) is 0. The predicted octanol–water partition coefficient (Wildman–Crippen LogP) is 2.28. The van der Waals surface area contributed by atoms with Crippen molar-refractivity contribution in [1.82, 2.24) is 0 Å². The van der Waals surface area contributed by atoms with Gasteiger partial charge >= 0.3 is 0 Å². The van der Waals surface area contributed by atoms with E-state index in [-0.39, 0.29) is 5.82 Å². The van der Waals surface area contributed by atoms with Crippen LogP contribution in [0.1, 0.15) is 17.5 Å². The van der Waals surface area contributed by atoms with Crippen LogP contribution in [0.15, 0.2) is 18.2 Å². The summed E-state index contributed by atoms with van der Waals surface area (Å²) >= 11 is 1.70. The standard InChI is InChI=1S/C11H13FN2S/c12-11-5-9(7-14)4-10(6-11)8-15-3-1-2-13/h4-6H,1-3,8,13H2. The first-order valence-electron chi connectivity index (χ1n) is 4.73. The molecule has 0 radical (unpaired) electrons. The summed E-state index contributed by atoms with van der Waals surface area (Å²) in [6.45, 7) is 0.680. The second-order valence-corrected chi connectivity index (χ2v) is 4.26. The van der Waals surface area contributed by atoms with Crippen LogP contribution < -0.4 is 5.73 Å². The van der Waals surface area contributed by atoms with Crippen LogP contribution in [-0.4, -0.2) is 12.3 Å². The highest BCUT2D eigenvalue weighted by Gasteiger charge is 2.00. The van der Waals surface area contributed by atoms with E-state index in [9.17, 15) is 4.39 Å². The summed E-state index contributed by atoms with van der Waals surface area (Å²) in [5.41, 5.74) is 6.60. The maximum atomic E-state index is 13.0. The van der Waals surface area contributed by atoms with Gasteiger partial charge in [0.25, 0.3) is 0 Å². The number of nitriles is 1. The zero-order chi connectivity index (χ0) is 11.1. The highest BCUT2D eigenvalue weighted by atomic mass is 32.2. The average Bonchev–Trinajstić information content (AvgIpc) is 2.23. The van der Waals surface area contributed by atoms with E-state index in [1.807, 2.05) is 6.07 Å². The first-order valence-corrected chi connectivity index (χ1v) is 5.89. The van der Waals surface area contributed by atoms with Crippen molar-refractivity contribution in [3.8, 4) is 6.07 Å². The minimum atomic E-state index is -0.344. The van der Waals surface area contributed by atoms with Crippen molar-refractivity contribution in [2.24, 2.45) is 5.73 Å². The van der Waals surface area contributed by atoms with Crippen molar-refractivity contribution in [2.75, 3.05) is 12.3 Å². The number of hydrogen-bond donors (Lipinski definition) is 1. The van der Waals surface area contributed by atoms with Crippen LogP contribution in [0.25, 0.3) is 0 Å². The smallest absolute Gasteiger partial charge is 0.124 e. The predicted molar refractivity (Wildman–Crippen MR) is 60.9 cm³/mol. The molecule has 2 N–H and O–H groups in total. The van der Waals surface area contributed by atoms with Crippen LogP contribution in [0, 0.1) is 17.1 Å². The normalized spacial score (nSPS) is 9.93. The van der Waals surface area contributed by atoms with E-state index in [2.05, 4.69) is 0 Å². The van der Waals surface area contributed by atoms with Crippen molar-refractivity contribution >= 4 is 11.8 Å². The third-order valence-corrected chi connectivity index (χ3v) is 2.96. The second-order valence-electron chi connectivity index (χ2n) is 3.15. The molecule has 1 aromatic rings.